The van der Waals surface area contributed by atoms with Crippen molar-refractivity contribution >= 4 is 17.7 Å². The number of hydrogen-bond donors (Lipinski definition) is 3. The fourth-order valence-electron chi connectivity index (χ4n) is 3.21. The van der Waals surface area contributed by atoms with E-state index in [9.17, 15) is 9.59 Å². The van der Waals surface area contributed by atoms with E-state index in [1.165, 1.54) is 0 Å². The summed E-state index contributed by atoms with van der Waals surface area (Å²) in [5, 5.41) is 2.63. The van der Waals surface area contributed by atoms with Gasteiger partial charge in [0.1, 0.15) is 5.82 Å². The smallest absolute Gasteiger partial charge is 0.258 e. The van der Waals surface area contributed by atoms with Crippen molar-refractivity contribution in [3.63, 3.8) is 0 Å². The van der Waals surface area contributed by atoms with E-state index < -0.39 is 0 Å². The van der Waals surface area contributed by atoms with Gasteiger partial charge in [0.2, 0.25) is 11.9 Å². The van der Waals surface area contributed by atoms with Crippen molar-refractivity contribution in [1.82, 2.24) is 9.97 Å². The zero-order chi connectivity index (χ0) is 17.4. The van der Waals surface area contributed by atoms with Gasteiger partial charge in [-0.05, 0) is 16.7 Å². The number of aromatic amines is 1. The first-order chi connectivity index (χ1) is 12.1. The molecule has 25 heavy (non-hydrogen) atoms. The lowest BCUT2D eigenvalue weighted by Crippen LogP contribution is -2.31. The number of nitrogen functional groups attached to an aromatic ring is 1. The monoisotopic (exact) mass is 332 g/mol. The third-order valence-corrected chi connectivity index (χ3v) is 4.39. The highest BCUT2D eigenvalue weighted by molar-refractivity contribution is 5.94. The SMILES string of the molecule is Nc1nc2c(c(=O)[nH]1)C(c1ccc(-c3ccccc3)cc1)CC(=O)N2. The fourth-order valence-corrected chi connectivity index (χ4v) is 3.21. The highest BCUT2D eigenvalue weighted by Crippen LogP contribution is 2.34. The fraction of sp³-hybridized carbons (Fsp3) is 0.105. The van der Waals surface area contributed by atoms with Crippen molar-refractivity contribution in [1.29, 1.82) is 0 Å². The van der Waals surface area contributed by atoms with E-state index in [0.29, 0.717) is 5.56 Å². The van der Waals surface area contributed by atoms with Gasteiger partial charge in [0, 0.05) is 12.3 Å². The number of rotatable bonds is 2. The van der Waals surface area contributed by atoms with Crippen molar-refractivity contribution in [2.75, 3.05) is 11.1 Å². The lowest BCUT2D eigenvalue weighted by molar-refractivity contribution is -0.116. The van der Waals surface area contributed by atoms with Crippen molar-refractivity contribution in [2.24, 2.45) is 0 Å². The Morgan fingerprint density at radius 3 is 2.36 bits per heavy atom. The second-order valence-electron chi connectivity index (χ2n) is 6.01. The second-order valence-corrected chi connectivity index (χ2v) is 6.01. The normalized spacial score (nSPS) is 16.2. The molecule has 2 heterocycles. The molecule has 2 aromatic carbocycles. The van der Waals surface area contributed by atoms with E-state index >= 15 is 0 Å². The third-order valence-electron chi connectivity index (χ3n) is 4.39. The molecule has 124 valence electrons. The van der Waals surface area contributed by atoms with Gasteiger partial charge in [0.05, 0.1) is 5.56 Å². The summed E-state index contributed by atoms with van der Waals surface area (Å²) in [5.41, 5.74) is 8.79. The Morgan fingerprint density at radius 1 is 0.960 bits per heavy atom. The molecule has 4 N–H and O–H groups in total. The largest absolute Gasteiger partial charge is 0.369 e. The quantitative estimate of drug-likeness (QED) is 0.671. The van der Waals surface area contributed by atoms with Gasteiger partial charge >= 0.3 is 0 Å². The zero-order valence-electron chi connectivity index (χ0n) is 13.3. The number of anilines is 2. The Balaban J connectivity index is 1.76. The second kappa shape index (κ2) is 5.90. The lowest BCUT2D eigenvalue weighted by Gasteiger charge is -2.24. The molecule has 0 saturated carbocycles. The van der Waals surface area contributed by atoms with Gasteiger partial charge < -0.3 is 11.1 Å². The molecule has 0 radical (unpaired) electrons. The maximum Gasteiger partial charge on any atom is 0.258 e. The number of aromatic nitrogens is 2. The van der Waals surface area contributed by atoms with Crippen LogP contribution in [0.25, 0.3) is 11.1 Å². The standard InChI is InChI=1S/C19H16N4O2/c20-19-22-17-16(18(25)23-19)14(10-15(24)21-17)13-8-6-12(7-9-13)11-4-2-1-3-5-11/h1-9,14H,10H2,(H4,20,21,22,23,24,25). The number of amides is 1. The summed E-state index contributed by atoms with van der Waals surface area (Å²) in [7, 11) is 0. The molecular weight excluding hydrogens is 316 g/mol. The topological polar surface area (TPSA) is 101 Å². The number of benzene rings is 2. The number of H-pyrrole nitrogens is 1. The molecule has 1 aliphatic rings. The third kappa shape index (κ3) is 2.78. The summed E-state index contributed by atoms with van der Waals surface area (Å²) in [5.74, 6) is -0.286. The van der Waals surface area contributed by atoms with E-state index in [0.717, 1.165) is 16.7 Å². The highest BCUT2D eigenvalue weighted by Gasteiger charge is 2.30. The molecule has 1 amide bonds. The van der Waals surface area contributed by atoms with Gasteiger partial charge in [-0.1, -0.05) is 54.6 Å². The summed E-state index contributed by atoms with van der Waals surface area (Å²) >= 11 is 0. The average Bonchev–Trinajstić information content (AvgIpc) is 2.61. The molecule has 4 rings (SSSR count). The molecule has 3 aromatic rings. The summed E-state index contributed by atoms with van der Waals surface area (Å²) in [6.45, 7) is 0. The van der Waals surface area contributed by atoms with Crippen LogP contribution in [0.2, 0.25) is 0 Å². The van der Waals surface area contributed by atoms with Crippen LogP contribution in [-0.4, -0.2) is 15.9 Å². The number of nitrogens with zero attached hydrogens (tertiary/aromatic N) is 1. The Morgan fingerprint density at radius 2 is 1.64 bits per heavy atom. The highest BCUT2D eigenvalue weighted by atomic mass is 16.2. The molecular formula is C19H16N4O2. The van der Waals surface area contributed by atoms with Gasteiger partial charge in [-0.25, -0.2) is 0 Å². The van der Waals surface area contributed by atoms with Crippen molar-refractivity contribution in [2.45, 2.75) is 12.3 Å². The van der Waals surface area contributed by atoms with E-state index in [4.69, 9.17) is 5.73 Å². The molecule has 0 spiro atoms. The number of hydrogen-bond acceptors (Lipinski definition) is 4. The molecule has 0 bridgehead atoms. The van der Waals surface area contributed by atoms with Crippen LogP contribution in [0.1, 0.15) is 23.5 Å². The minimum absolute atomic E-state index is 0.0101. The number of fused-ring (bicyclic) bond motifs is 1. The summed E-state index contributed by atoms with van der Waals surface area (Å²) in [4.78, 5) is 30.9. The zero-order valence-corrected chi connectivity index (χ0v) is 13.3. The Bertz CT molecular complexity index is 994. The predicted molar refractivity (Wildman–Crippen MR) is 96.2 cm³/mol. The maximum atomic E-state index is 12.3. The van der Waals surface area contributed by atoms with Gasteiger partial charge in [0.15, 0.2) is 0 Å². The summed E-state index contributed by atoms with van der Waals surface area (Å²) in [6.07, 6.45) is 0.201. The molecule has 1 aromatic heterocycles. The van der Waals surface area contributed by atoms with Crippen LogP contribution >= 0.6 is 0 Å². The lowest BCUT2D eigenvalue weighted by atomic mass is 9.86. The molecule has 1 atom stereocenters. The Hall–Kier alpha value is -3.41. The minimum Gasteiger partial charge on any atom is -0.369 e. The van der Waals surface area contributed by atoms with E-state index in [1.54, 1.807) is 0 Å². The van der Waals surface area contributed by atoms with Crippen LogP contribution < -0.4 is 16.6 Å². The first-order valence-electron chi connectivity index (χ1n) is 7.97. The van der Waals surface area contributed by atoms with Crippen LogP contribution in [0.5, 0.6) is 0 Å². The van der Waals surface area contributed by atoms with Crippen molar-refractivity contribution in [3.05, 3.63) is 76.1 Å². The molecule has 1 aliphatic heterocycles. The number of nitrogens with one attached hydrogen (secondary N) is 2. The van der Waals surface area contributed by atoms with Gasteiger partial charge in [0.25, 0.3) is 5.56 Å². The van der Waals surface area contributed by atoms with Gasteiger partial charge in [-0.3, -0.25) is 14.6 Å². The Labute approximate surface area is 143 Å². The Kier molecular flexibility index (Phi) is 3.57. The molecule has 1 unspecified atom stereocenters. The summed E-state index contributed by atoms with van der Waals surface area (Å²) in [6, 6.07) is 17.9. The number of carbonyl (C=O) groups excluding carboxylic acids is 1. The first kappa shape index (κ1) is 15.1. The molecule has 0 fully saturated rings. The van der Waals surface area contributed by atoms with Crippen LogP contribution in [0, 0.1) is 0 Å². The van der Waals surface area contributed by atoms with Crippen molar-refractivity contribution < 1.29 is 4.79 Å². The molecule has 6 nitrogen and oxygen atoms in total. The van der Waals surface area contributed by atoms with E-state index in [-0.39, 0.29) is 35.6 Å². The van der Waals surface area contributed by atoms with Gasteiger partial charge in [-0.2, -0.15) is 4.98 Å². The van der Waals surface area contributed by atoms with Crippen LogP contribution in [-0.2, 0) is 4.79 Å². The molecule has 6 heteroatoms. The first-order valence-corrected chi connectivity index (χ1v) is 7.97. The van der Waals surface area contributed by atoms with Gasteiger partial charge in [-0.15, -0.1) is 0 Å². The van der Waals surface area contributed by atoms with Crippen LogP contribution in [0.15, 0.2) is 59.4 Å². The van der Waals surface area contributed by atoms with E-state index in [1.807, 2.05) is 54.6 Å². The summed E-state index contributed by atoms with van der Waals surface area (Å²) < 4.78 is 0. The number of carbonyl (C=O) groups is 1. The van der Waals surface area contributed by atoms with Crippen LogP contribution in [0.4, 0.5) is 11.8 Å². The van der Waals surface area contributed by atoms with E-state index in [2.05, 4.69) is 15.3 Å². The molecule has 0 saturated heterocycles. The maximum absolute atomic E-state index is 12.3. The van der Waals surface area contributed by atoms with Crippen molar-refractivity contribution in [3.8, 4) is 11.1 Å². The predicted octanol–water partition coefficient (Wildman–Crippen LogP) is 2.49. The number of nitrogens with two attached hydrogens (primary N) is 1. The average molecular weight is 332 g/mol. The molecule has 0 aliphatic carbocycles. The minimum atomic E-state index is -0.342. The van der Waals surface area contributed by atoms with Crippen LogP contribution in [0.3, 0.4) is 0 Å².